The molecule has 1 saturated heterocycles. The van der Waals surface area contributed by atoms with Gasteiger partial charge in [0.25, 0.3) is 0 Å². The summed E-state index contributed by atoms with van der Waals surface area (Å²) < 4.78 is 34.2. The summed E-state index contributed by atoms with van der Waals surface area (Å²) in [4.78, 5) is 4.57. The topological polar surface area (TPSA) is 71.5 Å². The van der Waals surface area contributed by atoms with Crippen LogP contribution in [0, 0.1) is 0 Å². The fourth-order valence-electron chi connectivity index (χ4n) is 3.59. The highest BCUT2D eigenvalue weighted by molar-refractivity contribution is 7.89. The Kier molecular flexibility index (Phi) is 4.82. The van der Waals surface area contributed by atoms with Crippen LogP contribution in [0.15, 0.2) is 65.7 Å². The molecule has 7 heteroatoms. The summed E-state index contributed by atoms with van der Waals surface area (Å²) in [5, 5.41) is 4.11. The molecule has 3 aromatic rings. The largest absolute Gasteiger partial charge is 0.496 e. The number of pyridine rings is 1. The average Bonchev–Trinajstić information content (AvgIpc) is 2.73. The van der Waals surface area contributed by atoms with Crippen molar-refractivity contribution in [3.05, 3.63) is 66.4 Å². The van der Waals surface area contributed by atoms with Gasteiger partial charge in [-0.3, -0.25) is 4.98 Å². The van der Waals surface area contributed by atoms with Gasteiger partial charge >= 0.3 is 0 Å². The van der Waals surface area contributed by atoms with Gasteiger partial charge in [-0.15, -0.1) is 0 Å². The van der Waals surface area contributed by atoms with Gasteiger partial charge in [0.15, 0.2) is 0 Å². The molecular formula is C20H21N3O3S. The second-order valence-electron chi connectivity index (χ2n) is 6.41. The first-order valence-corrected chi connectivity index (χ1v) is 10.3. The highest BCUT2D eigenvalue weighted by Gasteiger charge is 2.36. The molecule has 0 aliphatic carbocycles. The fraction of sp³-hybridized carbons (Fsp3) is 0.250. The zero-order valence-corrected chi connectivity index (χ0v) is 15.8. The Morgan fingerprint density at radius 2 is 1.93 bits per heavy atom. The van der Waals surface area contributed by atoms with Crippen molar-refractivity contribution in [1.82, 2.24) is 14.6 Å². The number of ether oxygens (including phenoxy) is 1. The van der Waals surface area contributed by atoms with Crippen LogP contribution in [0.4, 0.5) is 0 Å². The smallest absolute Gasteiger partial charge is 0.245 e. The van der Waals surface area contributed by atoms with E-state index in [0.29, 0.717) is 30.9 Å². The summed E-state index contributed by atoms with van der Waals surface area (Å²) in [6.07, 6.45) is 1.62. The number of hydrogen-bond donors (Lipinski definition) is 1. The van der Waals surface area contributed by atoms with Crippen LogP contribution in [0.25, 0.3) is 10.9 Å². The van der Waals surface area contributed by atoms with Crippen molar-refractivity contribution in [3.8, 4) is 5.75 Å². The van der Waals surface area contributed by atoms with Gasteiger partial charge in [-0.2, -0.15) is 4.31 Å². The first-order valence-electron chi connectivity index (χ1n) is 8.82. The molecule has 1 unspecified atom stereocenters. The number of para-hydroxylation sites is 2. The Balaban J connectivity index is 1.83. The molecule has 4 rings (SSSR count). The molecule has 0 amide bonds. The Morgan fingerprint density at radius 1 is 1.11 bits per heavy atom. The van der Waals surface area contributed by atoms with Gasteiger partial charge in [0.1, 0.15) is 10.6 Å². The lowest BCUT2D eigenvalue weighted by Crippen LogP contribution is -2.48. The number of methoxy groups -OCH3 is 1. The minimum Gasteiger partial charge on any atom is -0.496 e. The van der Waals surface area contributed by atoms with E-state index in [-0.39, 0.29) is 10.9 Å². The van der Waals surface area contributed by atoms with Crippen molar-refractivity contribution in [2.45, 2.75) is 10.9 Å². The number of piperazine rings is 1. The summed E-state index contributed by atoms with van der Waals surface area (Å²) in [5.41, 5.74) is 1.35. The lowest BCUT2D eigenvalue weighted by Gasteiger charge is -2.36. The molecule has 1 aliphatic heterocycles. The van der Waals surface area contributed by atoms with E-state index in [4.69, 9.17) is 4.74 Å². The van der Waals surface area contributed by atoms with E-state index in [1.165, 1.54) is 0 Å². The van der Waals surface area contributed by atoms with E-state index in [1.54, 1.807) is 35.8 Å². The summed E-state index contributed by atoms with van der Waals surface area (Å²) in [5.74, 6) is 0.683. The molecule has 1 fully saturated rings. The van der Waals surface area contributed by atoms with Gasteiger partial charge in [-0.1, -0.05) is 36.4 Å². The second kappa shape index (κ2) is 7.26. The van der Waals surface area contributed by atoms with Gasteiger partial charge < -0.3 is 10.1 Å². The predicted molar refractivity (Wildman–Crippen MR) is 104 cm³/mol. The molecule has 1 N–H and O–H groups in total. The molecule has 0 saturated carbocycles. The van der Waals surface area contributed by atoms with Crippen LogP contribution in [0.2, 0.25) is 0 Å². The van der Waals surface area contributed by atoms with Crippen molar-refractivity contribution >= 4 is 20.9 Å². The minimum atomic E-state index is -3.74. The van der Waals surface area contributed by atoms with Crippen molar-refractivity contribution in [2.75, 3.05) is 26.7 Å². The second-order valence-corrected chi connectivity index (χ2v) is 8.27. The average molecular weight is 383 g/mol. The maximum Gasteiger partial charge on any atom is 0.245 e. The SMILES string of the molecule is COc1ccccc1C1CNCCN1S(=O)(=O)c1cccc2cccnc12. The predicted octanol–water partition coefficient (Wildman–Crippen LogP) is 2.58. The van der Waals surface area contributed by atoms with E-state index in [2.05, 4.69) is 10.3 Å². The lowest BCUT2D eigenvalue weighted by atomic mass is 10.0. The zero-order chi connectivity index (χ0) is 18.9. The van der Waals surface area contributed by atoms with Crippen molar-refractivity contribution in [2.24, 2.45) is 0 Å². The molecule has 140 valence electrons. The molecule has 2 heterocycles. The van der Waals surface area contributed by atoms with Gasteiger partial charge in [-0.25, -0.2) is 8.42 Å². The van der Waals surface area contributed by atoms with E-state index in [9.17, 15) is 8.42 Å². The van der Waals surface area contributed by atoms with Crippen LogP contribution < -0.4 is 10.1 Å². The number of sulfonamides is 1. The fourth-order valence-corrected chi connectivity index (χ4v) is 5.36. The Bertz CT molecular complexity index is 1060. The summed E-state index contributed by atoms with van der Waals surface area (Å²) >= 11 is 0. The van der Waals surface area contributed by atoms with E-state index in [0.717, 1.165) is 10.9 Å². The first kappa shape index (κ1) is 17.9. The van der Waals surface area contributed by atoms with Crippen LogP contribution in [0.5, 0.6) is 5.75 Å². The summed E-state index contributed by atoms with van der Waals surface area (Å²) in [6.45, 7) is 1.51. The molecule has 2 aromatic carbocycles. The van der Waals surface area contributed by atoms with Gasteiger partial charge in [0.2, 0.25) is 10.0 Å². The molecule has 27 heavy (non-hydrogen) atoms. The normalized spacial score (nSPS) is 18.5. The van der Waals surface area contributed by atoms with Crippen LogP contribution in [0.3, 0.4) is 0 Å². The number of benzene rings is 2. The Morgan fingerprint density at radius 3 is 2.78 bits per heavy atom. The van der Waals surface area contributed by atoms with E-state index in [1.807, 2.05) is 36.4 Å². The maximum absolute atomic E-state index is 13.6. The summed E-state index contributed by atoms with van der Waals surface area (Å²) in [7, 11) is -2.14. The van der Waals surface area contributed by atoms with Crippen LogP contribution in [-0.4, -0.2) is 44.5 Å². The molecule has 1 atom stereocenters. The quantitative estimate of drug-likeness (QED) is 0.750. The molecule has 1 aromatic heterocycles. The maximum atomic E-state index is 13.6. The first-order chi connectivity index (χ1) is 13.1. The number of aromatic nitrogens is 1. The molecule has 0 radical (unpaired) electrons. The highest BCUT2D eigenvalue weighted by atomic mass is 32.2. The van der Waals surface area contributed by atoms with Crippen molar-refractivity contribution in [3.63, 3.8) is 0 Å². The monoisotopic (exact) mass is 383 g/mol. The van der Waals surface area contributed by atoms with Crippen LogP contribution in [0.1, 0.15) is 11.6 Å². The number of nitrogens with one attached hydrogen (secondary N) is 1. The lowest BCUT2D eigenvalue weighted by molar-refractivity contribution is 0.265. The van der Waals surface area contributed by atoms with Gasteiger partial charge in [0.05, 0.1) is 18.7 Å². The van der Waals surface area contributed by atoms with Crippen molar-refractivity contribution in [1.29, 1.82) is 0 Å². The zero-order valence-electron chi connectivity index (χ0n) is 15.0. The molecule has 6 nitrogen and oxygen atoms in total. The Hall–Kier alpha value is -2.48. The minimum absolute atomic E-state index is 0.238. The summed E-state index contributed by atoms with van der Waals surface area (Å²) in [6, 6.07) is 16.1. The third-order valence-electron chi connectivity index (χ3n) is 4.87. The van der Waals surface area contributed by atoms with Crippen molar-refractivity contribution < 1.29 is 13.2 Å². The van der Waals surface area contributed by atoms with E-state index >= 15 is 0 Å². The number of fused-ring (bicyclic) bond motifs is 1. The van der Waals surface area contributed by atoms with E-state index < -0.39 is 10.0 Å². The molecular weight excluding hydrogens is 362 g/mol. The standard InChI is InChI=1S/C20H21N3O3S/c1-26-18-9-3-2-8-16(18)17-14-21-12-13-23(17)27(24,25)19-10-4-6-15-7-5-11-22-20(15)19/h2-11,17,21H,12-14H2,1H3. The molecule has 0 bridgehead atoms. The van der Waals surface area contributed by atoms with Crippen LogP contribution in [-0.2, 0) is 10.0 Å². The highest BCUT2D eigenvalue weighted by Crippen LogP contribution is 2.35. The van der Waals surface area contributed by atoms with Gasteiger partial charge in [0, 0.05) is 36.8 Å². The van der Waals surface area contributed by atoms with Crippen LogP contribution >= 0.6 is 0 Å². The number of hydrogen-bond acceptors (Lipinski definition) is 5. The molecule has 1 aliphatic rings. The number of rotatable bonds is 4. The third kappa shape index (κ3) is 3.18. The van der Waals surface area contributed by atoms with Gasteiger partial charge in [-0.05, 0) is 18.2 Å². The number of nitrogens with zero attached hydrogens (tertiary/aromatic N) is 2. The molecule has 0 spiro atoms. The Labute approximate surface area is 158 Å². The third-order valence-corrected chi connectivity index (χ3v) is 6.81.